The van der Waals surface area contributed by atoms with Gasteiger partial charge in [0.25, 0.3) is 11.4 Å². The standard InChI is InChI=1S/C12H15N3O3.C7H7NO2.C6H12N2O.2C2H6/c1-13-7-4-8-14(12(16)9-13)10-5-2-3-6-11(10)15(17)18;1-6-4-2-3-5-7(6)8(9)10;1-8-4-2-3-7-6(9)5-8;2*1-2/h2-3,5-6H,4,7-9H2,1H3;2-5H,1H3;2-5H2,1H3,(H,7,9);2*1-2H3. The first kappa shape index (κ1) is 37.1. The predicted octanol–water partition coefficient (Wildman–Crippen LogP) is 4.66. The molecular weight excluding hydrogens is 528 g/mol. The fraction of sp³-hybridized carbons (Fsp3) is 0.517. The summed E-state index contributed by atoms with van der Waals surface area (Å²) in [6.07, 6.45) is 1.89. The van der Waals surface area contributed by atoms with Crippen LogP contribution in [-0.2, 0) is 9.59 Å². The number of rotatable bonds is 3. The summed E-state index contributed by atoms with van der Waals surface area (Å²) in [4.78, 5) is 48.7. The first-order valence-electron chi connectivity index (χ1n) is 14.0. The second-order valence-electron chi connectivity index (χ2n) is 8.87. The number of anilines is 1. The van der Waals surface area contributed by atoms with Crippen LogP contribution in [0, 0.1) is 27.2 Å². The van der Waals surface area contributed by atoms with E-state index in [9.17, 15) is 29.8 Å². The summed E-state index contributed by atoms with van der Waals surface area (Å²) in [5.41, 5.74) is 1.26. The number of amides is 2. The molecule has 2 amide bonds. The predicted molar refractivity (Wildman–Crippen MR) is 163 cm³/mol. The molecule has 0 radical (unpaired) electrons. The van der Waals surface area contributed by atoms with Gasteiger partial charge in [0.15, 0.2) is 0 Å². The molecule has 0 unspecified atom stereocenters. The van der Waals surface area contributed by atoms with Crippen LogP contribution in [0.1, 0.15) is 46.1 Å². The molecule has 0 atom stereocenters. The molecule has 0 spiro atoms. The third-order valence-corrected chi connectivity index (χ3v) is 5.76. The number of hydrogen-bond donors (Lipinski definition) is 1. The topological polar surface area (TPSA) is 142 Å². The van der Waals surface area contributed by atoms with E-state index >= 15 is 0 Å². The van der Waals surface area contributed by atoms with E-state index in [4.69, 9.17) is 0 Å². The lowest BCUT2D eigenvalue weighted by Gasteiger charge is -2.20. The number of likely N-dealkylation sites (N-methyl/N-ethyl adjacent to an activating group) is 2. The number of carbonyl (C=O) groups is 2. The van der Waals surface area contributed by atoms with E-state index in [0.717, 1.165) is 32.5 Å². The van der Waals surface area contributed by atoms with E-state index in [1.807, 2.05) is 51.6 Å². The highest BCUT2D eigenvalue weighted by Gasteiger charge is 2.26. The first-order chi connectivity index (χ1) is 19.6. The molecule has 0 saturated carbocycles. The number of hydrogen-bond acceptors (Lipinski definition) is 8. The Hall–Kier alpha value is -3.90. The summed E-state index contributed by atoms with van der Waals surface area (Å²) in [6.45, 7) is 13.8. The van der Waals surface area contributed by atoms with Crippen LogP contribution in [0.2, 0.25) is 0 Å². The van der Waals surface area contributed by atoms with Crippen molar-refractivity contribution in [2.75, 3.05) is 58.3 Å². The van der Waals surface area contributed by atoms with Gasteiger partial charge in [0.2, 0.25) is 11.8 Å². The van der Waals surface area contributed by atoms with Crippen molar-refractivity contribution in [2.45, 2.75) is 47.5 Å². The second kappa shape index (κ2) is 20.9. The minimum atomic E-state index is -0.447. The zero-order valence-corrected chi connectivity index (χ0v) is 25.5. The lowest BCUT2D eigenvalue weighted by molar-refractivity contribution is -0.385. The molecule has 228 valence electrons. The SMILES string of the molecule is CC.CC.CN1CCCN(c2ccccc2[N+](=O)[O-])C(=O)C1.CN1CCCNC(=O)C1.Cc1ccccc1[N+](=O)[O-]. The molecule has 2 aliphatic heterocycles. The van der Waals surface area contributed by atoms with Crippen LogP contribution in [0.5, 0.6) is 0 Å². The maximum atomic E-state index is 12.1. The maximum Gasteiger partial charge on any atom is 0.292 e. The summed E-state index contributed by atoms with van der Waals surface area (Å²) in [5, 5.41) is 24.0. The monoisotopic (exact) mass is 574 g/mol. The third kappa shape index (κ3) is 13.8. The van der Waals surface area contributed by atoms with Gasteiger partial charge in [-0.05, 0) is 39.9 Å². The van der Waals surface area contributed by atoms with Gasteiger partial charge < -0.3 is 10.2 Å². The summed E-state index contributed by atoms with van der Waals surface area (Å²) >= 11 is 0. The van der Waals surface area contributed by atoms with Gasteiger partial charge in [-0.2, -0.15) is 0 Å². The van der Waals surface area contributed by atoms with Crippen molar-refractivity contribution in [2.24, 2.45) is 0 Å². The molecule has 2 aromatic rings. The van der Waals surface area contributed by atoms with E-state index in [-0.39, 0.29) is 28.1 Å². The maximum absolute atomic E-state index is 12.1. The summed E-state index contributed by atoms with van der Waals surface area (Å²) in [7, 11) is 3.84. The number of carbonyl (C=O) groups excluding carboxylic acids is 2. The van der Waals surface area contributed by atoms with Crippen LogP contribution in [0.3, 0.4) is 0 Å². The lowest BCUT2D eigenvalue weighted by Crippen LogP contribution is -2.35. The minimum absolute atomic E-state index is 0.0181. The molecule has 2 heterocycles. The highest BCUT2D eigenvalue weighted by atomic mass is 16.6. The molecule has 2 saturated heterocycles. The normalized spacial score (nSPS) is 15.3. The molecule has 41 heavy (non-hydrogen) atoms. The number of nitro benzene ring substituents is 2. The smallest absolute Gasteiger partial charge is 0.292 e. The Bertz CT molecular complexity index is 1100. The molecular formula is C29H46N6O6. The minimum Gasteiger partial charge on any atom is -0.355 e. The fourth-order valence-corrected chi connectivity index (χ4v) is 3.85. The Morgan fingerprint density at radius 1 is 0.732 bits per heavy atom. The molecule has 0 aromatic heterocycles. The average Bonchev–Trinajstić information content (AvgIpc) is 3.26. The first-order valence-corrected chi connectivity index (χ1v) is 14.0. The highest BCUT2D eigenvalue weighted by molar-refractivity contribution is 5.97. The van der Waals surface area contributed by atoms with Crippen molar-refractivity contribution in [1.29, 1.82) is 0 Å². The molecule has 1 N–H and O–H groups in total. The molecule has 2 fully saturated rings. The Balaban J connectivity index is 0.000000592. The summed E-state index contributed by atoms with van der Waals surface area (Å²) < 4.78 is 0. The van der Waals surface area contributed by atoms with Crippen LogP contribution in [0.4, 0.5) is 17.1 Å². The Morgan fingerprint density at radius 3 is 1.80 bits per heavy atom. The van der Waals surface area contributed by atoms with Crippen molar-refractivity contribution < 1.29 is 19.4 Å². The zero-order valence-electron chi connectivity index (χ0n) is 25.5. The van der Waals surface area contributed by atoms with Gasteiger partial charge in [-0.3, -0.25) is 39.6 Å². The van der Waals surface area contributed by atoms with E-state index in [0.29, 0.717) is 30.9 Å². The highest BCUT2D eigenvalue weighted by Crippen LogP contribution is 2.28. The van der Waals surface area contributed by atoms with Gasteiger partial charge >= 0.3 is 0 Å². The number of benzene rings is 2. The van der Waals surface area contributed by atoms with Crippen LogP contribution >= 0.6 is 0 Å². The number of nitro groups is 2. The van der Waals surface area contributed by atoms with Crippen LogP contribution in [0.15, 0.2) is 48.5 Å². The number of nitrogens with zero attached hydrogens (tertiary/aromatic N) is 5. The van der Waals surface area contributed by atoms with Crippen LogP contribution in [-0.4, -0.2) is 84.8 Å². The molecule has 0 bridgehead atoms. The summed E-state index contributed by atoms with van der Waals surface area (Å²) in [5.74, 6) is 0.0549. The number of para-hydroxylation sites is 3. The van der Waals surface area contributed by atoms with Gasteiger partial charge in [0.05, 0.1) is 22.9 Å². The fourth-order valence-electron chi connectivity index (χ4n) is 3.85. The van der Waals surface area contributed by atoms with E-state index < -0.39 is 4.92 Å². The zero-order chi connectivity index (χ0) is 31.4. The van der Waals surface area contributed by atoms with Crippen molar-refractivity contribution in [1.82, 2.24) is 15.1 Å². The van der Waals surface area contributed by atoms with E-state index in [1.54, 1.807) is 43.3 Å². The molecule has 2 aromatic carbocycles. The number of nitrogens with one attached hydrogen (secondary N) is 1. The summed E-state index contributed by atoms with van der Waals surface area (Å²) in [6, 6.07) is 13.0. The Kier molecular flexibility index (Phi) is 18.9. The molecule has 4 rings (SSSR count). The van der Waals surface area contributed by atoms with Crippen molar-refractivity contribution >= 4 is 28.9 Å². The van der Waals surface area contributed by atoms with Gasteiger partial charge in [-0.25, -0.2) is 0 Å². The second-order valence-corrected chi connectivity index (χ2v) is 8.87. The molecule has 12 heteroatoms. The largest absolute Gasteiger partial charge is 0.355 e. The van der Waals surface area contributed by atoms with Crippen LogP contribution in [0.25, 0.3) is 0 Å². The molecule has 2 aliphatic rings. The van der Waals surface area contributed by atoms with Gasteiger partial charge in [0.1, 0.15) is 5.69 Å². The van der Waals surface area contributed by atoms with E-state index in [2.05, 4.69) is 5.32 Å². The number of aryl methyl sites for hydroxylation is 1. The van der Waals surface area contributed by atoms with Gasteiger partial charge in [-0.1, -0.05) is 58.0 Å². The van der Waals surface area contributed by atoms with Gasteiger partial charge in [0, 0.05) is 43.9 Å². The molecule has 12 nitrogen and oxygen atoms in total. The van der Waals surface area contributed by atoms with Crippen LogP contribution < -0.4 is 10.2 Å². The quantitative estimate of drug-likeness (QED) is 0.412. The van der Waals surface area contributed by atoms with E-state index in [1.165, 1.54) is 17.0 Å². The van der Waals surface area contributed by atoms with Crippen molar-refractivity contribution in [3.05, 3.63) is 74.3 Å². The van der Waals surface area contributed by atoms with Crippen molar-refractivity contribution in [3.8, 4) is 0 Å². The Morgan fingerprint density at radius 2 is 1.24 bits per heavy atom. The Labute approximate surface area is 243 Å². The third-order valence-electron chi connectivity index (χ3n) is 5.76. The molecule has 0 aliphatic carbocycles. The van der Waals surface area contributed by atoms with Crippen molar-refractivity contribution in [3.63, 3.8) is 0 Å². The lowest BCUT2D eigenvalue weighted by atomic mass is 10.2. The average molecular weight is 575 g/mol. The van der Waals surface area contributed by atoms with Gasteiger partial charge in [-0.15, -0.1) is 0 Å².